The molecular weight excluding hydrogens is 242 g/mol. The molecule has 100 valence electrons. The molecule has 19 heavy (non-hydrogen) atoms. The van der Waals surface area contributed by atoms with E-state index in [0.29, 0.717) is 6.54 Å². The van der Waals surface area contributed by atoms with Gasteiger partial charge in [0.1, 0.15) is 0 Å². The van der Waals surface area contributed by atoms with Crippen LogP contribution in [0, 0.1) is 5.92 Å². The first kappa shape index (κ1) is 12.3. The number of aliphatic hydroxyl groups is 1. The molecule has 1 saturated heterocycles. The van der Waals surface area contributed by atoms with Gasteiger partial charge in [-0.25, -0.2) is 0 Å². The van der Waals surface area contributed by atoms with E-state index in [4.69, 9.17) is 4.42 Å². The first-order valence-corrected chi connectivity index (χ1v) is 6.47. The zero-order chi connectivity index (χ0) is 13.1. The monoisotopic (exact) mass is 259 g/mol. The summed E-state index contributed by atoms with van der Waals surface area (Å²) in [4.78, 5) is 10.6. The minimum Gasteiger partial charge on any atom is -0.472 e. The predicted molar refractivity (Wildman–Crippen MR) is 69.2 cm³/mol. The third kappa shape index (κ3) is 3.00. The van der Waals surface area contributed by atoms with E-state index in [9.17, 15) is 5.11 Å². The number of aliphatic hydroxyl groups excluding tert-OH is 1. The summed E-state index contributed by atoms with van der Waals surface area (Å²) in [6, 6.07) is 1.96. The van der Waals surface area contributed by atoms with E-state index in [0.717, 1.165) is 30.8 Å². The van der Waals surface area contributed by atoms with Crippen LogP contribution in [0.4, 0.5) is 0 Å². The molecule has 1 aliphatic rings. The van der Waals surface area contributed by atoms with Crippen molar-refractivity contribution in [2.75, 3.05) is 13.1 Å². The molecule has 0 aliphatic carbocycles. The lowest BCUT2D eigenvalue weighted by molar-refractivity contribution is 0.140. The molecule has 2 atom stereocenters. The zero-order valence-corrected chi connectivity index (χ0v) is 10.6. The lowest BCUT2D eigenvalue weighted by Crippen LogP contribution is -2.21. The van der Waals surface area contributed by atoms with Crippen LogP contribution in [0.5, 0.6) is 0 Å². The Bertz CT molecular complexity index is 501. The first-order chi connectivity index (χ1) is 9.31. The predicted octanol–water partition coefficient (Wildman–Crippen LogP) is 1.10. The second-order valence-electron chi connectivity index (χ2n) is 5.05. The van der Waals surface area contributed by atoms with Crippen LogP contribution in [-0.2, 0) is 13.0 Å². The van der Waals surface area contributed by atoms with E-state index in [2.05, 4.69) is 14.9 Å². The highest BCUT2D eigenvalue weighted by molar-refractivity contribution is 5.06. The van der Waals surface area contributed by atoms with Gasteiger partial charge in [0, 0.05) is 49.7 Å². The van der Waals surface area contributed by atoms with Crippen LogP contribution in [0.15, 0.2) is 41.6 Å². The second kappa shape index (κ2) is 5.50. The number of hydrogen-bond donors (Lipinski definition) is 1. The molecule has 0 unspecified atom stereocenters. The average Bonchev–Trinajstić information content (AvgIpc) is 3.02. The van der Waals surface area contributed by atoms with Gasteiger partial charge >= 0.3 is 0 Å². The molecule has 2 aromatic rings. The van der Waals surface area contributed by atoms with Crippen molar-refractivity contribution in [3.63, 3.8) is 0 Å². The quantitative estimate of drug-likeness (QED) is 0.891. The van der Waals surface area contributed by atoms with Gasteiger partial charge in [-0.2, -0.15) is 0 Å². The second-order valence-corrected chi connectivity index (χ2v) is 5.05. The summed E-state index contributed by atoms with van der Waals surface area (Å²) in [6.07, 6.45) is 9.04. The lowest BCUT2D eigenvalue weighted by atomic mass is 10.0. The van der Waals surface area contributed by atoms with Crippen molar-refractivity contribution in [3.05, 3.63) is 48.4 Å². The standard InChI is InChI=1S/C14H17N3O2/c18-14-9-17(7-11-1-4-19-10-11)8-12(14)5-13-6-15-2-3-16-13/h1-4,6,10,12,14,18H,5,7-9H2/t12-,14-/m1/s1. The van der Waals surface area contributed by atoms with Gasteiger partial charge in [0.15, 0.2) is 0 Å². The van der Waals surface area contributed by atoms with Crippen molar-refractivity contribution in [2.45, 2.75) is 19.1 Å². The highest BCUT2D eigenvalue weighted by Gasteiger charge is 2.31. The van der Waals surface area contributed by atoms with Gasteiger partial charge in [-0.05, 0) is 12.5 Å². The highest BCUT2D eigenvalue weighted by Crippen LogP contribution is 2.22. The summed E-state index contributed by atoms with van der Waals surface area (Å²) < 4.78 is 5.07. The van der Waals surface area contributed by atoms with E-state index in [1.807, 2.05) is 6.07 Å². The number of aromatic nitrogens is 2. The van der Waals surface area contributed by atoms with Gasteiger partial charge in [0.25, 0.3) is 0 Å². The van der Waals surface area contributed by atoms with Gasteiger partial charge in [-0.15, -0.1) is 0 Å². The van der Waals surface area contributed by atoms with Gasteiger partial charge in [0.2, 0.25) is 0 Å². The minimum absolute atomic E-state index is 0.226. The number of furan rings is 1. The van der Waals surface area contributed by atoms with Crippen LogP contribution in [-0.4, -0.2) is 39.2 Å². The van der Waals surface area contributed by atoms with Crippen molar-refractivity contribution in [2.24, 2.45) is 5.92 Å². The Morgan fingerprint density at radius 3 is 3.05 bits per heavy atom. The van der Waals surface area contributed by atoms with E-state index in [1.165, 1.54) is 0 Å². The maximum atomic E-state index is 10.1. The SMILES string of the molecule is O[C@@H]1CN(Cc2ccoc2)C[C@H]1Cc1cnccn1. The molecule has 1 aliphatic heterocycles. The molecule has 0 radical (unpaired) electrons. The molecule has 3 heterocycles. The van der Waals surface area contributed by atoms with Crippen LogP contribution < -0.4 is 0 Å². The topological polar surface area (TPSA) is 62.4 Å². The number of hydrogen-bond acceptors (Lipinski definition) is 5. The summed E-state index contributed by atoms with van der Waals surface area (Å²) >= 11 is 0. The van der Waals surface area contributed by atoms with Crippen LogP contribution in [0.3, 0.4) is 0 Å². The van der Waals surface area contributed by atoms with Gasteiger partial charge in [0.05, 0.1) is 24.3 Å². The number of rotatable bonds is 4. The van der Waals surface area contributed by atoms with Crippen molar-refractivity contribution >= 4 is 0 Å². The van der Waals surface area contributed by atoms with Crippen LogP contribution in [0.25, 0.3) is 0 Å². The Morgan fingerprint density at radius 1 is 1.37 bits per heavy atom. The molecule has 1 N–H and O–H groups in total. The van der Waals surface area contributed by atoms with Crippen LogP contribution in [0.1, 0.15) is 11.3 Å². The number of nitrogens with zero attached hydrogens (tertiary/aromatic N) is 3. The Hall–Kier alpha value is -1.72. The van der Waals surface area contributed by atoms with Crippen molar-refractivity contribution < 1.29 is 9.52 Å². The fourth-order valence-corrected chi connectivity index (χ4v) is 2.62. The Labute approximate surface area is 111 Å². The lowest BCUT2D eigenvalue weighted by Gasteiger charge is -2.14. The maximum Gasteiger partial charge on any atom is 0.0947 e. The van der Waals surface area contributed by atoms with E-state index in [1.54, 1.807) is 31.1 Å². The Kier molecular flexibility index (Phi) is 3.57. The Morgan fingerprint density at radius 2 is 2.32 bits per heavy atom. The summed E-state index contributed by atoms with van der Waals surface area (Å²) in [7, 11) is 0. The van der Waals surface area contributed by atoms with Crippen molar-refractivity contribution in [3.8, 4) is 0 Å². The molecule has 0 spiro atoms. The third-order valence-electron chi connectivity index (χ3n) is 3.56. The van der Waals surface area contributed by atoms with Gasteiger partial charge in [-0.1, -0.05) is 0 Å². The largest absolute Gasteiger partial charge is 0.472 e. The first-order valence-electron chi connectivity index (χ1n) is 6.47. The molecule has 0 amide bonds. The van der Waals surface area contributed by atoms with Gasteiger partial charge < -0.3 is 9.52 Å². The number of likely N-dealkylation sites (tertiary alicyclic amines) is 1. The van der Waals surface area contributed by atoms with Crippen LogP contribution >= 0.6 is 0 Å². The highest BCUT2D eigenvalue weighted by atomic mass is 16.3. The minimum atomic E-state index is -0.297. The third-order valence-corrected chi connectivity index (χ3v) is 3.56. The van der Waals surface area contributed by atoms with E-state index >= 15 is 0 Å². The molecular formula is C14H17N3O2. The summed E-state index contributed by atoms with van der Waals surface area (Å²) in [6.45, 7) is 2.41. The molecule has 5 nitrogen and oxygen atoms in total. The van der Waals surface area contributed by atoms with Gasteiger partial charge in [-0.3, -0.25) is 14.9 Å². The fourth-order valence-electron chi connectivity index (χ4n) is 2.62. The van der Waals surface area contributed by atoms with E-state index < -0.39 is 0 Å². The molecule has 0 bridgehead atoms. The number of β-amino-alcohol motifs (C(OH)–C–C–N with tert-alkyl or cyclic N) is 1. The molecule has 0 aromatic carbocycles. The van der Waals surface area contributed by atoms with Crippen molar-refractivity contribution in [1.29, 1.82) is 0 Å². The smallest absolute Gasteiger partial charge is 0.0947 e. The normalized spacial score (nSPS) is 23.8. The van der Waals surface area contributed by atoms with Crippen LogP contribution in [0.2, 0.25) is 0 Å². The van der Waals surface area contributed by atoms with Crippen molar-refractivity contribution in [1.82, 2.24) is 14.9 Å². The van der Waals surface area contributed by atoms with E-state index in [-0.39, 0.29) is 12.0 Å². The summed E-state index contributed by atoms with van der Waals surface area (Å²) in [5.41, 5.74) is 2.09. The molecule has 2 aromatic heterocycles. The molecule has 1 fully saturated rings. The maximum absolute atomic E-state index is 10.1. The summed E-state index contributed by atoms with van der Waals surface area (Å²) in [5.74, 6) is 0.226. The zero-order valence-electron chi connectivity index (χ0n) is 10.6. The average molecular weight is 259 g/mol. The fraction of sp³-hybridized carbons (Fsp3) is 0.429. The molecule has 5 heteroatoms. The molecule has 3 rings (SSSR count). The molecule has 0 saturated carbocycles. The Balaban J connectivity index is 1.59. The summed E-state index contributed by atoms with van der Waals surface area (Å²) in [5, 5.41) is 10.1.